The summed E-state index contributed by atoms with van der Waals surface area (Å²) in [5.41, 5.74) is 2.86. The summed E-state index contributed by atoms with van der Waals surface area (Å²) in [4.78, 5) is 0. The van der Waals surface area contributed by atoms with E-state index < -0.39 is 0 Å². The average Bonchev–Trinajstić information content (AvgIpc) is 2.43. The Kier molecular flexibility index (Phi) is 4.07. The third-order valence-corrected chi connectivity index (χ3v) is 4.80. The minimum absolute atomic E-state index is 0.510. The Bertz CT molecular complexity index is 583. The molecule has 3 rings (SSSR count). The lowest BCUT2D eigenvalue weighted by molar-refractivity contribution is 0.263. The predicted octanol–water partition coefficient (Wildman–Crippen LogP) is 4.99. The van der Waals surface area contributed by atoms with Gasteiger partial charge in [0, 0.05) is 6.04 Å². The quantitative estimate of drug-likeness (QED) is 0.804. The second-order valence-corrected chi connectivity index (χ2v) is 6.16. The highest BCUT2D eigenvalue weighted by molar-refractivity contribution is 5.88. The van der Waals surface area contributed by atoms with E-state index in [9.17, 15) is 0 Å². The van der Waals surface area contributed by atoms with Crippen LogP contribution in [0.3, 0.4) is 0 Å². The second kappa shape index (κ2) is 5.97. The van der Waals surface area contributed by atoms with Gasteiger partial charge in [-0.2, -0.15) is 0 Å². The van der Waals surface area contributed by atoms with Crippen LogP contribution in [0.25, 0.3) is 10.8 Å². The first-order chi connectivity index (χ1) is 9.79. The third-order valence-electron chi connectivity index (χ3n) is 4.80. The maximum atomic E-state index is 3.71. The van der Waals surface area contributed by atoms with Crippen molar-refractivity contribution in [1.82, 2.24) is 5.32 Å². The highest BCUT2D eigenvalue weighted by Gasteiger charge is 2.23. The summed E-state index contributed by atoms with van der Waals surface area (Å²) in [6.45, 7) is 5.46. The van der Waals surface area contributed by atoms with Gasteiger partial charge in [0.05, 0.1) is 0 Å². The van der Waals surface area contributed by atoms with Crippen LogP contribution in [0.5, 0.6) is 0 Å². The SMILES string of the molecule is CCNC(CC1CCC1)c1ccc(C)c2ccccc12. The summed E-state index contributed by atoms with van der Waals surface area (Å²) >= 11 is 0. The normalized spacial score (nSPS) is 17.1. The molecule has 0 heterocycles. The summed E-state index contributed by atoms with van der Waals surface area (Å²) in [6, 6.07) is 14.0. The van der Waals surface area contributed by atoms with Gasteiger partial charge in [0.25, 0.3) is 0 Å². The first kappa shape index (κ1) is 13.6. The van der Waals surface area contributed by atoms with Crippen LogP contribution in [0.4, 0.5) is 0 Å². The van der Waals surface area contributed by atoms with Gasteiger partial charge < -0.3 is 5.32 Å². The topological polar surface area (TPSA) is 12.0 Å². The molecule has 0 radical (unpaired) electrons. The number of aryl methyl sites for hydroxylation is 1. The fourth-order valence-corrected chi connectivity index (χ4v) is 3.41. The molecule has 0 spiro atoms. The second-order valence-electron chi connectivity index (χ2n) is 6.16. The number of benzene rings is 2. The van der Waals surface area contributed by atoms with E-state index in [0.29, 0.717) is 6.04 Å². The van der Waals surface area contributed by atoms with Gasteiger partial charge in [-0.1, -0.05) is 62.6 Å². The Balaban J connectivity index is 1.98. The Morgan fingerprint density at radius 2 is 1.85 bits per heavy atom. The van der Waals surface area contributed by atoms with Crippen molar-refractivity contribution in [1.29, 1.82) is 0 Å². The van der Waals surface area contributed by atoms with Crippen LogP contribution in [0, 0.1) is 12.8 Å². The number of hydrogen-bond acceptors (Lipinski definition) is 1. The first-order valence-electron chi connectivity index (χ1n) is 8.01. The molecule has 106 valence electrons. The molecular weight excluding hydrogens is 242 g/mol. The molecule has 0 aromatic heterocycles. The van der Waals surface area contributed by atoms with Crippen molar-refractivity contribution in [2.45, 2.75) is 45.6 Å². The molecule has 1 fully saturated rings. The summed E-state index contributed by atoms with van der Waals surface area (Å²) in [5, 5.41) is 6.54. The van der Waals surface area contributed by atoms with E-state index in [1.807, 2.05) is 0 Å². The zero-order valence-electron chi connectivity index (χ0n) is 12.7. The van der Waals surface area contributed by atoms with Gasteiger partial charge in [-0.05, 0) is 47.7 Å². The average molecular weight is 267 g/mol. The number of nitrogens with one attached hydrogen (secondary N) is 1. The molecule has 1 saturated carbocycles. The summed E-state index contributed by atoms with van der Waals surface area (Å²) in [7, 11) is 0. The molecule has 1 nitrogen and oxygen atoms in total. The molecule has 0 saturated heterocycles. The predicted molar refractivity (Wildman–Crippen MR) is 87.1 cm³/mol. The van der Waals surface area contributed by atoms with Crippen molar-refractivity contribution in [3.8, 4) is 0 Å². The smallest absolute Gasteiger partial charge is 0.0328 e. The highest BCUT2D eigenvalue weighted by Crippen LogP contribution is 2.37. The van der Waals surface area contributed by atoms with E-state index in [2.05, 4.69) is 55.6 Å². The summed E-state index contributed by atoms with van der Waals surface area (Å²) < 4.78 is 0. The van der Waals surface area contributed by atoms with E-state index >= 15 is 0 Å². The van der Waals surface area contributed by atoms with E-state index in [1.165, 1.54) is 47.6 Å². The van der Waals surface area contributed by atoms with Crippen LogP contribution >= 0.6 is 0 Å². The highest BCUT2D eigenvalue weighted by atomic mass is 14.9. The van der Waals surface area contributed by atoms with Gasteiger partial charge in [0.1, 0.15) is 0 Å². The minimum Gasteiger partial charge on any atom is -0.310 e. The standard InChI is InChI=1S/C19H25N/c1-3-20-19(13-15-7-6-8-15)18-12-11-14(2)16-9-4-5-10-17(16)18/h4-5,9-12,15,19-20H,3,6-8,13H2,1-2H3. The fourth-order valence-electron chi connectivity index (χ4n) is 3.41. The van der Waals surface area contributed by atoms with E-state index in [0.717, 1.165) is 12.5 Å². The maximum Gasteiger partial charge on any atom is 0.0328 e. The van der Waals surface area contributed by atoms with Crippen molar-refractivity contribution in [3.63, 3.8) is 0 Å². The fraction of sp³-hybridized carbons (Fsp3) is 0.474. The van der Waals surface area contributed by atoms with Crippen LogP contribution in [-0.4, -0.2) is 6.54 Å². The van der Waals surface area contributed by atoms with Gasteiger partial charge in [-0.15, -0.1) is 0 Å². The van der Waals surface area contributed by atoms with Crippen molar-refractivity contribution in [3.05, 3.63) is 47.5 Å². The maximum absolute atomic E-state index is 3.71. The Hall–Kier alpha value is -1.34. The van der Waals surface area contributed by atoms with Crippen LogP contribution in [-0.2, 0) is 0 Å². The van der Waals surface area contributed by atoms with E-state index in [4.69, 9.17) is 0 Å². The molecule has 2 aromatic carbocycles. The molecule has 1 aliphatic carbocycles. The first-order valence-corrected chi connectivity index (χ1v) is 8.01. The largest absolute Gasteiger partial charge is 0.310 e. The van der Waals surface area contributed by atoms with E-state index in [-0.39, 0.29) is 0 Å². The lowest BCUT2D eigenvalue weighted by Gasteiger charge is -2.31. The van der Waals surface area contributed by atoms with Crippen molar-refractivity contribution >= 4 is 10.8 Å². The summed E-state index contributed by atoms with van der Waals surface area (Å²) in [6.07, 6.45) is 5.57. The molecule has 1 aliphatic rings. The van der Waals surface area contributed by atoms with Gasteiger partial charge in [0.2, 0.25) is 0 Å². The van der Waals surface area contributed by atoms with Gasteiger partial charge >= 0.3 is 0 Å². The van der Waals surface area contributed by atoms with Crippen molar-refractivity contribution < 1.29 is 0 Å². The monoisotopic (exact) mass is 267 g/mol. The summed E-state index contributed by atoms with van der Waals surface area (Å²) in [5.74, 6) is 0.930. The Morgan fingerprint density at radius 3 is 2.50 bits per heavy atom. The van der Waals surface area contributed by atoms with Gasteiger partial charge in [-0.25, -0.2) is 0 Å². The molecule has 1 heteroatoms. The Labute approximate surface area is 122 Å². The molecule has 0 aliphatic heterocycles. The molecule has 2 aromatic rings. The van der Waals surface area contributed by atoms with Crippen LogP contribution in [0.2, 0.25) is 0 Å². The zero-order valence-corrected chi connectivity index (χ0v) is 12.7. The van der Waals surface area contributed by atoms with Crippen molar-refractivity contribution in [2.24, 2.45) is 5.92 Å². The molecular formula is C19H25N. The van der Waals surface area contributed by atoms with Crippen molar-refractivity contribution in [2.75, 3.05) is 6.54 Å². The minimum atomic E-state index is 0.510. The van der Waals surface area contributed by atoms with Crippen LogP contribution < -0.4 is 5.32 Å². The molecule has 20 heavy (non-hydrogen) atoms. The number of fused-ring (bicyclic) bond motifs is 1. The molecule has 0 amide bonds. The van der Waals surface area contributed by atoms with Gasteiger partial charge in [0.15, 0.2) is 0 Å². The number of hydrogen-bond donors (Lipinski definition) is 1. The molecule has 1 N–H and O–H groups in total. The number of rotatable bonds is 5. The van der Waals surface area contributed by atoms with Gasteiger partial charge in [-0.3, -0.25) is 0 Å². The molecule has 0 bridgehead atoms. The molecule has 1 unspecified atom stereocenters. The van der Waals surface area contributed by atoms with E-state index in [1.54, 1.807) is 0 Å². The van der Waals surface area contributed by atoms with Crippen LogP contribution in [0.1, 0.15) is 49.8 Å². The third kappa shape index (κ3) is 2.60. The lowest BCUT2D eigenvalue weighted by atomic mass is 9.79. The zero-order chi connectivity index (χ0) is 13.9. The molecule has 1 atom stereocenters. The Morgan fingerprint density at radius 1 is 1.10 bits per heavy atom. The van der Waals surface area contributed by atoms with Crippen LogP contribution in [0.15, 0.2) is 36.4 Å². The lowest BCUT2D eigenvalue weighted by Crippen LogP contribution is -2.26.